The number of aliphatic imine (C=N–C) groups is 1. The van der Waals surface area contributed by atoms with Crippen LogP contribution in [0, 0.1) is 5.92 Å². The van der Waals surface area contributed by atoms with Crippen LogP contribution in [-0.2, 0) is 9.84 Å². The van der Waals surface area contributed by atoms with Crippen LogP contribution in [0.1, 0.15) is 37.6 Å². The van der Waals surface area contributed by atoms with Gasteiger partial charge in [0.25, 0.3) is 0 Å². The van der Waals surface area contributed by atoms with E-state index in [4.69, 9.17) is 0 Å². The fraction of sp³-hybridized carbons (Fsp3) is 0.722. The number of hydrogen-bond acceptors (Lipinski definition) is 5. The number of rotatable bonds is 8. The second kappa shape index (κ2) is 12.2. The van der Waals surface area contributed by atoms with E-state index < -0.39 is 9.84 Å². The zero-order chi connectivity index (χ0) is 19.0. The molecular formula is C18H33IN4O2S2. The van der Waals surface area contributed by atoms with E-state index in [2.05, 4.69) is 45.0 Å². The molecule has 1 aromatic heterocycles. The Kier molecular flexibility index (Phi) is 11.2. The van der Waals surface area contributed by atoms with E-state index in [1.165, 1.54) is 17.7 Å². The molecule has 0 amide bonds. The second-order valence-electron chi connectivity index (χ2n) is 6.87. The number of hydrogen-bond donors (Lipinski definition) is 2. The topological polar surface area (TPSA) is 73.8 Å². The maximum absolute atomic E-state index is 11.6. The monoisotopic (exact) mass is 528 g/mol. The van der Waals surface area contributed by atoms with Gasteiger partial charge in [-0.3, -0.25) is 9.89 Å². The number of piperidine rings is 1. The van der Waals surface area contributed by atoms with E-state index in [9.17, 15) is 8.42 Å². The number of likely N-dealkylation sites (tertiary alicyclic amines) is 1. The molecule has 0 saturated carbocycles. The van der Waals surface area contributed by atoms with Gasteiger partial charge in [-0.1, -0.05) is 19.9 Å². The first-order chi connectivity index (χ1) is 12.4. The Morgan fingerprint density at radius 2 is 2.07 bits per heavy atom. The SMILES string of the molecule is CCS(=O)(=O)CCNC(=NC)NCC(c1cccs1)N1CCC(C)CC1.I. The summed E-state index contributed by atoms with van der Waals surface area (Å²) in [5, 5.41) is 8.62. The molecule has 27 heavy (non-hydrogen) atoms. The van der Waals surface area contributed by atoms with E-state index >= 15 is 0 Å². The van der Waals surface area contributed by atoms with Crippen LogP contribution >= 0.6 is 35.3 Å². The highest BCUT2D eigenvalue weighted by molar-refractivity contribution is 14.0. The normalized spacial score (nSPS) is 18.0. The minimum atomic E-state index is -2.96. The van der Waals surface area contributed by atoms with Crippen LogP contribution in [0.15, 0.2) is 22.5 Å². The molecule has 0 radical (unpaired) electrons. The van der Waals surface area contributed by atoms with Crippen LogP contribution in [0.4, 0.5) is 0 Å². The molecule has 2 N–H and O–H groups in total. The van der Waals surface area contributed by atoms with Crippen LogP contribution in [0.2, 0.25) is 0 Å². The molecule has 2 rings (SSSR count). The van der Waals surface area contributed by atoms with Gasteiger partial charge in [-0.25, -0.2) is 8.42 Å². The molecule has 1 atom stereocenters. The molecule has 0 bridgehead atoms. The van der Waals surface area contributed by atoms with E-state index in [-0.39, 0.29) is 35.5 Å². The number of halogens is 1. The molecule has 2 heterocycles. The Labute approximate surface area is 185 Å². The standard InChI is InChI=1S/C18H32N4O2S2.HI/c1-4-26(23,24)13-9-20-18(19-3)21-14-16(17-6-5-12-25-17)22-10-7-15(2)8-11-22;/h5-6,12,15-16H,4,7-11,13-14H2,1-3H3,(H2,19,20,21);1H. The van der Waals surface area contributed by atoms with Gasteiger partial charge in [-0.15, -0.1) is 35.3 Å². The molecule has 0 aromatic carbocycles. The summed E-state index contributed by atoms with van der Waals surface area (Å²) < 4.78 is 23.2. The van der Waals surface area contributed by atoms with E-state index in [0.29, 0.717) is 18.5 Å². The lowest BCUT2D eigenvalue weighted by Gasteiger charge is -2.36. The van der Waals surface area contributed by atoms with Gasteiger partial charge in [0.2, 0.25) is 0 Å². The van der Waals surface area contributed by atoms with Crippen molar-refractivity contribution in [3.63, 3.8) is 0 Å². The smallest absolute Gasteiger partial charge is 0.191 e. The Balaban J connectivity index is 0.00000364. The highest BCUT2D eigenvalue weighted by Gasteiger charge is 2.25. The van der Waals surface area contributed by atoms with Crippen molar-refractivity contribution in [2.75, 3.05) is 44.7 Å². The van der Waals surface area contributed by atoms with Crippen LogP contribution in [0.5, 0.6) is 0 Å². The summed E-state index contributed by atoms with van der Waals surface area (Å²) in [6.07, 6.45) is 2.48. The summed E-state index contributed by atoms with van der Waals surface area (Å²) >= 11 is 1.79. The maximum Gasteiger partial charge on any atom is 0.191 e. The van der Waals surface area contributed by atoms with Gasteiger partial charge in [0, 0.05) is 30.8 Å². The van der Waals surface area contributed by atoms with Crippen molar-refractivity contribution in [1.29, 1.82) is 0 Å². The lowest BCUT2D eigenvalue weighted by Crippen LogP contribution is -2.45. The molecule has 6 nitrogen and oxygen atoms in total. The second-order valence-corrected chi connectivity index (χ2v) is 10.3. The van der Waals surface area contributed by atoms with Crippen LogP contribution in [0.3, 0.4) is 0 Å². The van der Waals surface area contributed by atoms with Crippen molar-refractivity contribution in [3.8, 4) is 0 Å². The summed E-state index contributed by atoms with van der Waals surface area (Å²) in [4.78, 5) is 8.14. The average Bonchev–Trinajstić information content (AvgIpc) is 3.16. The first-order valence-electron chi connectivity index (χ1n) is 9.37. The predicted molar refractivity (Wildman–Crippen MR) is 126 cm³/mol. The first-order valence-corrected chi connectivity index (χ1v) is 12.1. The van der Waals surface area contributed by atoms with Crippen molar-refractivity contribution in [1.82, 2.24) is 15.5 Å². The third-order valence-corrected chi connectivity index (χ3v) is 7.64. The summed E-state index contributed by atoms with van der Waals surface area (Å²) in [5.74, 6) is 1.76. The summed E-state index contributed by atoms with van der Waals surface area (Å²) in [6, 6.07) is 4.61. The van der Waals surface area contributed by atoms with Crippen molar-refractivity contribution >= 4 is 51.1 Å². The highest BCUT2D eigenvalue weighted by atomic mass is 127. The van der Waals surface area contributed by atoms with E-state index in [0.717, 1.165) is 25.6 Å². The largest absolute Gasteiger partial charge is 0.355 e. The zero-order valence-electron chi connectivity index (χ0n) is 16.5. The molecule has 1 aliphatic heterocycles. The number of sulfone groups is 1. The molecule has 9 heteroatoms. The predicted octanol–water partition coefficient (Wildman–Crippen LogP) is 2.74. The van der Waals surface area contributed by atoms with Gasteiger partial charge in [-0.2, -0.15) is 0 Å². The summed E-state index contributed by atoms with van der Waals surface area (Å²) in [7, 11) is -1.25. The van der Waals surface area contributed by atoms with Crippen molar-refractivity contribution in [3.05, 3.63) is 22.4 Å². The lowest BCUT2D eigenvalue weighted by molar-refractivity contribution is 0.140. The van der Waals surface area contributed by atoms with Gasteiger partial charge in [0.15, 0.2) is 15.8 Å². The molecular weight excluding hydrogens is 495 g/mol. The zero-order valence-corrected chi connectivity index (χ0v) is 20.4. The van der Waals surface area contributed by atoms with E-state index in [1.54, 1.807) is 25.3 Å². The Hall–Kier alpha value is -0.390. The van der Waals surface area contributed by atoms with E-state index in [1.807, 2.05) is 0 Å². The average molecular weight is 529 g/mol. The molecule has 0 spiro atoms. The van der Waals surface area contributed by atoms with Gasteiger partial charge >= 0.3 is 0 Å². The summed E-state index contributed by atoms with van der Waals surface area (Å²) in [5.41, 5.74) is 0. The highest BCUT2D eigenvalue weighted by Crippen LogP contribution is 2.28. The maximum atomic E-state index is 11.6. The molecule has 156 valence electrons. The minimum absolute atomic E-state index is 0. The third-order valence-electron chi connectivity index (χ3n) is 4.96. The molecule has 1 fully saturated rings. The van der Waals surface area contributed by atoms with Gasteiger partial charge in [0.05, 0.1) is 11.8 Å². The van der Waals surface area contributed by atoms with Gasteiger partial charge < -0.3 is 10.6 Å². The van der Waals surface area contributed by atoms with Crippen molar-refractivity contribution < 1.29 is 8.42 Å². The summed E-state index contributed by atoms with van der Waals surface area (Å²) in [6.45, 7) is 7.37. The fourth-order valence-corrected chi connectivity index (χ4v) is 4.68. The quantitative estimate of drug-likeness (QED) is 0.309. The van der Waals surface area contributed by atoms with Crippen LogP contribution in [-0.4, -0.2) is 64.0 Å². The van der Waals surface area contributed by atoms with Crippen LogP contribution < -0.4 is 10.6 Å². The molecule has 1 unspecified atom stereocenters. The van der Waals surface area contributed by atoms with Crippen molar-refractivity contribution in [2.45, 2.75) is 32.7 Å². The Bertz CT molecular complexity index is 657. The molecule has 1 aromatic rings. The minimum Gasteiger partial charge on any atom is -0.355 e. The number of nitrogens with one attached hydrogen (secondary N) is 2. The molecule has 0 aliphatic carbocycles. The third kappa shape index (κ3) is 8.25. The first kappa shape index (κ1) is 24.6. The number of thiophene rings is 1. The van der Waals surface area contributed by atoms with Gasteiger partial charge in [-0.05, 0) is 43.3 Å². The van der Waals surface area contributed by atoms with Crippen molar-refractivity contribution in [2.24, 2.45) is 10.9 Å². The Morgan fingerprint density at radius 1 is 1.37 bits per heavy atom. The Morgan fingerprint density at radius 3 is 2.63 bits per heavy atom. The molecule has 1 saturated heterocycles. The van der Waals surface area contributed by atoms with Crippen LogP contribution in [0.25, 0.3) is 0 Å². The fourth-order valence-electron chi connectivity index (χ4n) is 3.11. The molecule has 1 aliphatic rings. The number of guanidine groups is 1. The number of nitrogens with zero attached hydrogens (tertiary/aromatic N) is 2. The van der Waals surface area contributed by atoms with Gasteiger partial charge in [0.1, 0.15) is 0 Å². The lowest BCUT2D eigenvalue weighted by atomic mass is 9.97.